The Hall–Kier alpha value is -1.07. The van der Waals surface area contributed by atoms with E-state index in [-0.39, 0.29) is 26.8 Å². The number of carbonyl (C=O) groups is 1. The van der Waals surface area contributed by atoms with Crippen LogP contribution in [0.15, 0.2) is 17.0 Å². The molecule has 0 unspecified atom stereocenters. The zero-order valence-electron chi connectivity index (χ0n) is 11.8. The highest BCUT2D eigenvalue weighted by Crippen LogP contribution is 2.26. The molecule has 112 valence electrons. The standard InChI is InChI=1S/C14H19ClO4S/c1-9(2)5-4-6-20(18,19)13-8-11(15)7-12(10(13)3)14(16)17/h7-9H,4-6H2,1-3H3,(H,16,17). The lowest BCUT2D eigenvalue weighted by Crippen LogP contribution is -2.12. The molecule has 0 saturated heterocycles. The van der Waals surface area contributed by atoms with Crippen molar-refractivity contribution in [3.63, 3.8) is 0 Å². The summed E-state index contributed by atoms with van der Waals surface area (Å²) in [5, 5.41) is 9.20. The zero-order valence-corrected chi connectivity index (χ0v) is 13.4. The molecule has 0 aromatic heterocycles. The molecule has 0 radical (unpaired) electrons. The first-order chi connectivity index (χ1) is 9.15. The van der Waals surface area contributed by atoms with Crippen LogP contribution in [-0.4, -0.2) is 25.2 Å². The summed E-state index contributed by atoms with van der Waals surface area (Å²) in [6.07, 6.45) is 1.36. The van der Waals surface area contributed by atoms with E-state index in [2.05, 4.69) is 0 Å². The summed E-state index contributed by atoms with van der Waals surface area (Å²) < 4.78 is 24.6. The molecule has 0 fully saturated rings. The minimum absolute atomic E-state index is 0.00538. The van der Waals surface area contributed by atoms with Crippen LogP contribution in [-0.2, 0) is 9.84 Å². The zero-order chi connectivity index (χ0) is 15.5. The van der Waals surface area contributed by atoms with Crippen molar-refractivity contribution in [3.05, 3.63) is 28.3 Å². The molecule has 0 spiro atoms. The number of sulfone groups is 1. The van der Waals surface area contributed by atoms with Crippen LogP contribution in [0.1, 0.15) is 42.6 Å². The highest BCUT2D eigenvalue weighted by atomic mass is 35.5. The highest BCUT2D eigenvalue weighted by Gasteiger charge is 2.22. The number of rotatable bonds is 6. The topological polar surface area (TPSA) is 71.4 Å². The molecule has 1 N–H and O–H groups in total. The second kappa shape index (κ2) is 6.59. The average molecular weight is 319 g/mol. The fraction of sp³-hybridized carbons (Fsp3) is 0.500. The molecule has 0 saturated carbocycles. The van der Waals surface area contributed by atoms with E-state index in [0.29, 0.717) is 12.3 Å². The van der Waals surface area contributed by atoms with Gasteiger partial charge in [-0.1, -0.05) is 25.4 Å². The van der Waals surface area contributed by atoms with E-state index in [0.717, 1.165) is 6.42 Å². The van der Waals surface area contributed by atoms with Crippen LogP contribution in [0.3, 0.4) is 0 Å². The quantitative estimate of drug-likeness (QED) is 0.870. The molecule has 0 aliphatic heterocycles. The first kappa shape index (κ1) is 17.0. The van der Waals surface area contributed by atoms with Gasteiger partial charge in [0.1, 0.15) is 0 Å². The Labute approximate surface area is 124 Å². The summed E-state index contributed by atoms with van der Waals surface area (Å²) in [4.78, 5) is 11.1. The molecule has 4 nitrogen and oxygen atoms in total. The van der Waals surface area contributed by atoms with Gasteiger partial charge in [-0.2, -0.15) is 0 Å². The molecule has 1 rings (SSSR count). The predicted octanol–water partition coefficient (Wildman–Crippen LogP) is 3.56. The smallest absolute Gasteiger partial charge is 0.336 e. The van der Waals surface area contributed by atoms with Crippen LogP contribution in [0.2, 0.25) is 5.02 Å². The minimum atomic E-state index is -3.51. The predicted molar refractivity (Wildman–Crippen MR) is 79.3 cm³/mol. The van der Waals surface area contributed by atoms with Gasteiger partial charge >= 0.3 is 5.97 Å². The molecule has 0 atom stereocenters. The van der Waals surface area contributed by atoms with Crippen molar-refractivity contribution in [2.45, 2.75) is 38.5 Å². The molecule has 0 heterocycles. The lowest BCUT2D eigenvalue weighted by molar-refractivity contribution is 0.0696. The third-order valence-electron chi connectivity index (χ3n) is 3.08. The summed E-state index contributed by atoms with van der Waals surface area (Å²) in [6.45, 7) is 5.55. The van der Waals surface area contributed by atoms with Gasteiger partial charge in [0.25, 0.3) is 0 Å². The van der Waals surface area contributed by atoms with Crippen molar-refractivity contribution < 1.29 is 18.3 Å². The SMILES string of the molecule is Cc1c(C(=O)O)cc(Cl)cc1S(=O)(=O)CCCC(C)C. The summed E-state index contributed by atoms with van der Waals surface area (Å²) in [5.74, 6) is -0.741. The molecule has 20 heavy (non-hydrogen) atoms. The van der Waals surface area contributed by atoms with Gasteiger partial charge in [0.2, 0.25) is 0 Å². The largest absolute Gasteiger partial charge is 0.478 e. The lowest BCUT2D eigenvalue weighted by Gasteiger charge is -2.11. The molecule has 1 aromatic rings. The Morgan fingerprint density at radius 1 is 1.35 bits per heavy atom. The third-order valence-corrected chi connectivity index (χ3v) is 5.22. The van der Waals surface area contributed by atoms with Gasteiger partial charge in [-0.25, -0.2) is 13.2 Å². The first-order valence-electron chi connectivity index (χ1n) is 6.41. The Morgan fingerprint density at radius 2 is 1.95 bits per heavy atom. The number of carboxylic acid groups (broad SMARTS) is 1. The number of halogens is 1. The van der Waals surface area contributed by atoms with Crippen molar-refractivity contribution in [3.8, 4) is 0 Å². The molecule has 0 amide bonds. The number of hydrogen-bond acceptors (Lipinski definition) is 3. The average Bonchev–Trinajstić information content (AvgIpc) is 2.30. The van der Waals surface area contributed by atoms with Gasteiger partial charge in [-0.05, 0) is 43.4 Å². The third kappa shape index (κ3) is 4.21. The van der Waals surface area contributed by atoms with Crippen molar-refractivity contribution in [1.29, 1.82) is 0 Å². The second-order valence-corrected chi connectivity index (χ2v) is 7.75. The van der Waals surface area contributed by atoms with Gasteiger partial charge in [-0.15, -0.1) is 0 Å². The fourth-order valence-electron chi connectivity index (χ4n) is 1.99. The van der Waals surface area contributed by atoms with Crippen LogP contribution in [0.25, 0.3) is 0 Å². The van der Waals surface area contributed by atoms with Gasteiger partial charge in [0.05, 0.1) is 16.2 Å². The van der Waals surface area contributed by atoms with E-state index in [1.807, 2.05) is 13.8 Å². The Morgan fingerprint density at radius 3 is 2.45 bits per heavy atom. The Balaban J connectivity index is 3.15. The van der Waals surface area contributed by atoms with Gasteiger partial charge in [0, 0.05) is 5.02 Å². The van der Waals surface area contributed by atoms with Crippen molar-refractivity contribution in [2.24, 2.45) is 5.92 Å². The lowest BCUT2D eigenvalue weighted by atomic mass is 10.1. The van der Waals surface area contributed by atoms with E-state index in [1.54, 1.807) is 0 Å². The fourth-order valence-corrected chi connectivity index (χ4v) is 3.92. The number of carboxylic acids is 1. The van der Waals surface area contributed by atoms with Crippen LogP contribution < -0.4 is 0 Å². The minimum Gasteiger partial charge on any atom is -0.478 e. The highest BCUT2D eigenvalue weighted by molar-refractivity contribution is 7.91. The molecular formula is C14H19ClO4S. The van der Waals surface area contributed by atoms with E-state index >= 15 is 0 Å². The summed E-state index contributed by atoms with van der Waals surface area (Å²) in [7, 11) is -3.51. The number of benzene rings is 1. The normalized spacial score (nSPS) is 11.8. The second-order valence-electron chi connectivity index (χ2n) is 5.24. The van der Waals surface area contributed by atoms with Crippen LogP contribution >= 0.6 is 11.6 Å². The van der Waals surface area contributed by atoms with Gasteiger partial charge in [0.15, 0.2) is 9.84 Å². The van der Waals surface area contributed by atoms with E-state index < -0.39 is 15.8 Å². The maximum Gasteiger partial charge on any atom is 0.336 e. The van der Waals surface area contributed by atoms with Crippen LogP contribution in [0.5, 0.6) is 0 Å². The molecule has 0 bridgehead atoms. The Bertz CT molecular complexity index is 606. The van der Waals surface area contributed by atoms with Gasteiger partial charge < -0.3 is 5.11 Å². The molecule has 0 aliphatic carbocycles. The molecule has 1 aromatic carbocycles. The molecular weight excluding hydrogens is 300 g/mol. The summed E-state index contributed by atoms with van der Waals surface area (Å²) in [6, 6.07) is 2.60. The maximum absolute atomic E-state index is 12.3. The Kier molecular flexibility index (Phi) is 5.59. The maximum atomic E-state index is 12.3. The van der Waals surface area contributed by atoms with Crippen LogP contribution in [0, 0.1) is 12.8 Å². The monoisotopic (exact) mass is 318 g/mol. The van der Waals surface area contributed by atoms with Crippen molar-refractivity contribution in [1.82, 2.24) is 0 Å². The van der Waals surface area contributed by atoms with Gasteiger partial charge in [-0.3, -0.25) is 0 Å². The van der Waals surface area contributed by atoms with Crippen molar-refractivity contribution >= 4 is 27.4 Å². The summed E-state index contributed by atoms with van der Waals surface area (Å²) in [5.41, 5.74) is 0.173. The first-order valence-corrected chi connectivity index (χ1v) is 8.44. The molecule has 0 aliphatic rings. The van der Waals surface area contributed by atoms with E-state index in [4.69, 9.17) is 16.7 Å². The molecule has 6 heteroatoms. The number of aromatic carboxylic acids is 1. The number of hydrogen-bond donors (Lipinski definition) is 1. The van der Waals surface area contributed by atoms with Crippen LogP contribution in [0.4, 0.5) is 0 Å². The summed E-state index contributed by atoms with van der Waals surface area (Å²) >= 11 is 5.83. The van der Waals surface area contributed by atoms with Crippen molar-refractivity contribution in [2.75, 3.05) is 5.75 Å². The van der Waals surface area contributed by atoms with E-state index in [1.165, 1.54) is 19.1 Å². The van der Waals surface area contributed by atoms with E-state index in [9.17, 15) is 13.2 Å².